The first-order chi connectivity index (χ1) is 14.9. The van der Waals surface area contributed by atoms with Gasteiger partial charge in [0.2, 0.25) is 0 Å². The van der Waals surface area contributed by atoms with E-state index in [9.17, 15) is 5.11 Å². The first-order valence-electron chi connectivity index (χ1n) is 12.5. The number of rotatable bonds is 7. The van der Waals surface area contributed by atoms with Crippen LogP contribution < -0.4 is 9.84 Å². The molecule has 190 valence electrons. The molecular weight excluding hydrogens is 431 g/mol. The molecule has 0 amide bonds. The van der Waals surface area contributed by atoms with Crippen molar-refractivity contribution in [2.24, 2.45) is 0 Å². The summed E-state index contributed by atoms with van der Waals surface area (Å²) in [6, 6.07) is 3.93. The van der Waals surface area contributed by atoms with Gasteiger partial charge in [0, 0.05) is 35.3 Å². The van der Waals surface area contributed by atoms with Crippen molar-refractivity contribution in [1.29, 1.82) is 0 Å². The first-order valence-corrected chi connectivity index (χ1v) is 13.6. The van der Waals surface area contributed by atoms with Crippen LogP contribution in [-0.2, 0) is 15.4 Å². The van der Waals surface area contributed by atoms with Gasteiger partial charge in [-0.1, -0.05) is 55.4 Å². The predicted molar refractivity (Wildman–Crippen MR) is 141 cm³/mol. The molecular formula is C27H49N2O3P. The highest BCUT2D eigenvalue weighted by Crippen LogP contribution is 2.51. The second kappa shape index (κ2) is 10.0. The van der Waals surface area contributed by atoms with Crippen LogP contribution in [0, 0.1) is 0 Å². The average molecular weight is 481 g/mol. The Morgan fingerprint density at radius 1 is 0.939 bits per heavy atom. The van der Waals surface area contributed by atoms with Gasteiger partial charge in [-0.2, -0.15) is 0 Å². The van der Waals surface area contributed by atoms with E-state index in [0.717, 1.165) is 42.8 Å². The Morgan fingerprint density at radius 3 is 1.85 bits per heavy atom. The summed E-state index contributed by atoms with van der Waals surface area (Å²) in [5.41, 5.74) is 1.54. The number of phenolic OH excluding ortho intramolecular Hbond substituents is 1. The van der Waals surface area contributed by atoms with Crippen molar-refractivity contribution in [2.45, 2.75) is 124 Å². The molecule has 0 saturated carbocycles. The summed E-state index contributed by atoms with van der Waals surface area (Å²) in [7, 11) is -1.30. The van der Waals surface area contributed by atoms with Crippen LogP contribution in [0.15, 0.2) is 12.1 Å². The van der Waals surface area contributed by atoms with Gasteiger partial charge >= 0.3 is 8.53 Å². The third-order valence-corrected chi connectivity index (χ3v) is 8.10. The molecule has 0 bridgehead atoms. The van der Waals surface area contributed by atoms with Gasteiger partial charge < -0.3 is 19.5 Å². The van der Waals surface area contributed by atoms with Crippen LogP contribution in [0.2, 0.25) is 0 Å². The molecule has 1 aromatic carbocycles. The summed E-state index contributed by atoms with van der Waals surface area (Å²) >= 11 is 0. The maximum absolute atomic E-state index is 10.8. The molecule has 0 radical (unpaired) electrons. The number of hydrogen-bond donors (Lipinski definition) is 2. The van der Waals surface area contributed by atoms with Crippen LogP contribution in [-0.4, -0.2) is 40.0 Å². The number of hydrogen-bond acceptors (Lipinski definition) is 5. The van der Waals surface area contributed by atoms with Crippen LogP contribution in [0.25, 0.3) is 0 Å². The SMILES string of the molecule is CCN(CC)P(Oc1cc(C(C)(C)C)c(O)cc1C(C)(C)C)OC1CC(C)(C)NC(C)(C)C1. The monoisotopic (exact) mass is 480 g/mol. The summed E-state index contributed by atoms with van der Waals surface area (Å²) in [6.07, 6.45) is 1.99. The van der Waals surface area contributed by atoms with E-state index in [0.29, 0.717) is 5.75 Å². The molecule has 0 spiro atoms. The van der Waals surface area contributed by atoms with Crippen molar-refractivity contribution in [3.63, 3.8) is 0 Å². The van der Waals surface area contributed by atoms with Gasteiger partial charge in [0.15, 0.2) is 0 Å². The highest BCUT2D eigenvalue weighted by molar-refractivity contribution is 7.45. The molecule has 1 fully saturated rings. The minimum absolute atomic E-state index is 0.00515. The van der Waals surface area contributed by atoms with Gasteiger partial charge in [0.05, 0.1) is 6.10 Å². The first kappa shape index (κ1) is 28.4. The van der Waals surface area contributed by atoms with Crippen LogP contribution in [0.4, 0.5) is 0 Å². The number of nitrogens with zero attached hydrogens (tertiary/aromatic N) is 1. The fourth-order valence-electron chi connectivity index (χ4n) is 4.95. The van der Waals surface area contributed by atoms with Crippen LogP contribution in [0.5, 0.6) is 11.5 Å². The molecule has 2 rings (SSSR count). The highest BCUT2D eigenvalue weighted by atomic mass is 31.2. The molecule has 5 nitrogen and oxygen atoms in total. The van der Waals surface area contributed by atoms with Crippen molar-refractivity contribution in [3.8, 4) is 11.5 Å². The number of piperidine rings is 1. The number of aromatic hydroxyl groups is 1. The number of nitrogens with one attached hydrogen (secondary N) is 1. The van der Waals surface area contributed by atoms with E-state index in [1.165, 1.54) is 0 Å². The van der Waals surface area contributed by atoms with E-state index in [1.807, 2.05) is 12.1 Å². The van der Waals surface area contributed by atoms with Gasteiger partial charge in [0.1, 0.15) is 11.5 Å². The Balaban J connectivity index is 2.48. The normalized spacial score (nSPS) is 20.2. The molecule has 33 heavy (non-hydrogen) atoms. The second-order valence-electron chi connectivity index (χ2n) is 12.9. The van der Waals surface area contributed by atoms with Crippen molar-refractivity contribution in [1.82, 2.24) is 9.99 Å². The Bertz CT molecular complexity index is 789. The molecule has 1 atom stereocenters. The third-order valence-electron chi connectivity index (χ3n) is 6.24. The van der Waals surface area contributed by atoms with Crippen molar-refractivity contribution < 1.29 is 14.2 Å². The largest absolute Gasteiger partial charge is 0.508 e. The van der Waals surface area contributed by atoms with Crippen molar-refractivity contribution in [2.75, 3.05) is 13.1 Å². The van der Waals surface area contributed by atoms with Crippen LogP contribution in [0.3, 0.4) is 0 Å². The molecule has 1 saturated heterocycles. The molecule has 6 heteroatoms. The highest BCUT2D eigenvalue weighted by Gasteiger charge is 2.41. The minimum Gasteiger partial charge on any atom is -0.508 e. The van der Waals surface area contributed by atoms with E-state index in [-0.39, 0.29) is 28.0 Å². The van der Waals surface area contributed by atoms with Gasteiger partial charge in [-0.05, 0) is 63.5 Å². The molecule has 1 aliphatic heterocycles. The summed E-state index contributed by atoms with van der Waals surface area (Å²) in [5, 5.41) is 14.6. The molecule has 1 aliphatic rings. The number of benzene rings is 1. The van der Waals surface area contributed by atoms with E-state index in [4.69, 9.17) is 9.05 Å². The Morgan fingerprint density at radius 2 is 1.42 bits per heavy atom. The predicted octanol–water partition coefficient (Wildman–Crippen LogP) is 7.26. The Labute approximate surface area is 204 Å². The lowest BCUT2D eigenvalue weighted by molar-refractivity contribution is 0.0515. The lowest BCUT2D eigenvalue weighted by Crippen LogP contribution is -2.59. The van der Waals surface area contributed by atoms with E-state index < -0.39 is 8.53 Å². The second-order valence-corrected chi connectivity index (χ2v) is 14.3. The molecule has 0 aliphatic carbocycles. The summed E-state index contributed by atoms with van der Waals surface area (Å²) in [4.78, 5) is 0. The van der Waals surface area contributed by atoms with Gasteiger partial charge in [-0.3, -0.25) is 0 Å². The van der Waals surface area contributed by atoms with Crippen LogP contribution >= 0.6 is 8.53 Å². The summed E-state index contributed by atoms with van der Waals surface area (Å²) < 4.78 is 15.9. The minimum atomic E-state index is -1.30. The maximum atomic E-state index is 10.8. The number of phenols is 1. The zero-order chi connectivity index (χ0) is 25.4. The molecule has 1 unspecified atom stereocenters. The van der Waals surface area contributed by atoms with E-state index in [2.05, 4.69) is 93.1 Å². The molecule has 0 aromatic heterocycles. The zero-order valence-electron chi connectivity index (χ0n) is 23.2. The molecule has 2 N–H and O–H groups in total. The topological polar surface area (TPSA) is 54.0 Å². The molecule has 1 aromatic rings. The van der Waals surface area contributed by atoms with Gasteiger partial charge in [-0.25, -0.2) is 4.67 Å². The zero-order valence-corrected chi connectivity index (χ0v) is 24.1. The lowest BCUT2D eigenvalue weighted by atomic mass is 9.81. The van der Waals surface area contributed by atoms with Crippen molar-refractivity contribution >= 4 is 8.53 Å². The summed E-state index contributed by atoms with van der Waals surface area (Å²) in [6.45, 7) is 27.8. The maximum Gasteiger partial charge on any atom is 0.321 e. The van der Waals surface area contributed by atoms with E-state index >= 15 is 0 Å². The smallest absolute Gasteiger partial charge is 0.321 e. The van der Waals surface area contributed by atoms with Crippen molar-refractivity contribution in [3.05, 3.63) is 23.3 Å². The van der Waals surface area contributed by atoms with Gasteiger partial charge in [0.25, 0.3) is 0 Å². The Kier molecular flexibility index (Phi) is 8.61. The van der Waals surface area contributed by atoms with Crippen LogP contribution in [0.1, 0.15) is 107 Å². The quantitative estimate of drug-likeness (QED) is 0.402. The summed E-state index contributed by atoms with van der Waals surface area (Å²) in [5.74, 6) is 1.14. The Hall–Kier alpha value is -0.870. The third kappa shape index (κ3) is 7.56. The fraction of sp³-hybridized carbons (Fsp3) is 0.778. The van der Waals surface area contributed by atoms with E-state index in [1.54, 1.807) is 0 Å². The standard InChI is InChI=1S/C27H49N2O3P/c1-13-29(14-2)33(31-19-17-26(9,10)28-27(11,12)18-19)32-23-16-20(24(3,4)5)22(30)15-21(23)25(6,7)8/h15-16,19,28,30H,13-14,17-18H2,1-12H3. The lowest BCUT2D eigenvalue weighted by Gasteiger charge is -2.47. The average Bonchev–Trinajstić information content (AvgIpc) is 2.59. The molecule has 1 heterocycles. The fourth-order valence-corrected chi connectivity index (χ4v) is 6.42. The van der Waals surface area contributed by atoms with Gasteiger partial charge in [-0.15, -0.1) is 0 Å².